The summed E-state index contributed by atoms with van der Waals surface area (Å²) in [7, 11) is 0. The Kier molecular flexibility index (Phi) is 5.76. The number of rotatable bonds is 7. The van der Waals surface area contributed by atoms with Gasteiger partial charge in [-0.2, -0.15) is 5.10 Å². The molecule has 0 radical (unpaired) electrons. The van der Waals surface area contributed by atoms with Crippen LogP contribution in [0.4, 0.5) is 0 Å². The van der Waals surface area contributed by atoms with Crippen molar-refractivity contribution in [2.45, 2.75) is 39.8 Å². The minimum absolute atomic E-state index is 0.686. The molecule has 0 unspecified atom stereocenters. The lowest BCUT2D eigenvalue weighted by molar-refractivity contribution is 0.167. The summed E-state index contributed by atoms with van der Waals surface area (Å²) in [6.45, 7) is 9.06. The van der Waals surface area contributed by atoms with Crippen molar-refractivity contribution < 1.29 is 4.74 Å². The van der Waals surface area contributed by atoms with Crippen molar-refractivity contribution in [2.24, 2.45) is 5.92 Å². The highest BCUT2D eigenvalue weighted by Gasteiger charge is 2.21. The van der Waals surface area contributed by atoms with Gasteiger partial charge in [-0.25, -0.2) is 4.98 Å². The fourth-order valence-corrected chi connectivity index (χ4v) is 4.01. The Labute approximate surface area is 166 Å². The van der Waals surface area contributed by atoms with Crippen LogP contribution in [0.25, 0.3) is 11.3 Å². The predicted octanol–water partition coefficient (Wildman–Crippen LogP) is 3.89. The first kappa shape index (κ1) is 18.7. The molecule has 148 valence electrons. The van der Waals surface area contributed by atoms with Crippen molar-refractivity contribution in [3.8, 4) is 17.0 Å². The van der Waals surface area contributed by atoms with Crippen LogP contribution >= 0.6 is 0 Å². The topological polar surface area (TPSA) is 59.0 Å². The van der Waals surface area contributed by atoms with Crippen LogP contribution in [-0.4, -0.2) is 44.3 Å². The van der Waals surface area contributed by atoms with Crippen LogP contribution < -0.4 is 4.74 Å². The van der Waals surface area contributed by atoms with Crippen LogP contribution in [0.3, 0.4) is 0 Å². The van der Waals surface area contributed by atoms with Gasteiger partial charge in [-0.3, -0.25) is 10.00 Å². The number of hydrogen-bond donors (Lipinski definition) is 1. The Hall–Kier alpha value is -2.60. The highest BCUT2D eigenvalue weighted by molar-refractivity contribution is 5.63. The monoisotopic (exact) mass is 379 g/mol. The third-order valence-electron chi connectivity index (χ3n) is 5.65. The number of piperidine rings is 1. The van der Waals surface area contributed by atoms with Gasteiger partial charge in [0.2, 0.25) is 0 Å². The van der Waals surface area contributed by atoms with E-state index in [4.69, 9.17) is 4.74 Å². The molecule has 1 fully saturated rings. The molecule has 0 aliphatic carbocycles. The third-order valence-corrected chi connectivity index (χ3v) is 5.65. The summed E-state index contributed by atoms with van der Waals surface area (Å²) in [5, 5.41) is 7.48. The Morgan fingerprint density at radius 2 is 1.96 bits per heavy atom. The molecule has 1 N–H and O–H groups in total. The molecule has 6 nitrogen and oxygen atoms in total. The fourth-order valence-electron chi connectivity index (χ4n) is 4.01. The first-order chi connectivity index (χ1) is 13.7. The van der Waals surface area contributed by atoms with E-state index in [0.717, 1.165) is 54.9 Å². The Balaban J connectivity index is 1.35. The van der Waals surface area contributed by atoms with E-state index in [0.29, 0.717) is 6.61 Å². The van der Waals surface area contributed by atoms with Gasteiger partial charge in [-0.05, 0) is 70.0 Å². The van der Waals surface area contributed by atoms with Crippen molar-refractivity contribution in [3.63, 3.8) is 0 Å². The van der Waals surface area contributed by atoms with Gasteiger partial charge in [0, 0.05) is 36.6 Å². The zero-order valence-electron chi connectivity index (χ0n) is 16.8. The number of nitrogens with one attached hydrogen (secondary N) is 1. The number of ether oxygens (including phenoxy) is 1. The van der Waals surface area contributed by atoms with E-state index in [1.54, 1.807) is 0 Å². The van der Waals surface area contributed by atoms with Gasteiger partial charge in [-0.1, -0.05) is 0 Å². The maximum atomic E-state index is 5.55. The van der Waals surface area contributed by atoms with Crippen molar-refractivity contribution in [1.29, 1.82) is 0 Å². The van der Waals surface area contributed by atoms with Gasteiger partial charge in [0.1, 0.15) is 11.6 Å². The second kappa shape index (κ2) is 8.61. The first-order valence-electron chi connectivity index (χ1n) is 10.2. The molecule has 28 heavy (non-hydrogen) atoms. The second-order valence-electron chi connectivity index (χ2n) is 7.57. The van der Waals surface area contributed by atoms with Crippen molar-refractivity contribution >= 4 is 0 Å². The van der Waals surface area contributed by atoms with E-state index in [9.17, 15) is 0 Å². The van der Waals surface area contributed by atoms with Crippen LogP contribution in [0.5, 0.6) is 5.75 Å². The van der Waals surface area contributed by atoms with Gasteiger partial charge in [0.05, 0.1) is 18.5 Å². The fraction of sp³-hybridized carbons (Fsp3) is 0.455. The Morgan fingerprint density at radius 1 is 1.18 bits per heavy atom. The van der Waals surface area contributed by atoms with Gasteiger partial charge in [-0.15, -0.1) is 0 Å². The molecule has 2 aromatic heterocycles. The average Bonchev–Trinajstić information content (AvgIpc) is 3.33. The molecule has 3 aromatic rings. The number of imidazole rings is 1. The molecule has 1 saturated heterocycles. The van der Waals surface area contributed by atoms with Crippen molar-refractivity contribution in [2.75, 3.05) is 19.7 Å². The molecule has 0 spiro atoms. The van der Waals surface area contributed by atoms with Crippen molar-refractivity contribution in [3.05, 3.63) is 54.2 Å². The lowest BCUT2D eigenvalue weighted by Gasteiger charge is -2.32. The molecule has 0 amide bonds. The summed E-state index contributed by atoms with van der Waals surface area (Å²) in [5.74, 6) is 2.75. The highest BCUT2D eigenvalue weighted by atomic mass is 16.5. The highest BCUT2D eigenvalue weighted by Crippen LogP contribution is 2.27. The van der Waals surface area contributed by atoms with Crippen molar-refractivity contribution in [1.82, 2.24) is 24.6 Å². The molecule has 3 heterocycles. The summed E-state index contributed by atoms with van der Waals surface area (Å²) >= 11 is 0. The molecule has 0 atom stereocenters. The SMILES string of the molecule is CCOc1ccc(-c2[nH]ncc2CN2CCC(Cn3ccnc3C)CC2)cc1. The van der Waals surface area contributed by atoms with Gasteiger partial charge < -0.3 is 9.30 Å². The number of aryl methyl sites for hydroxylation is 1. The first-order valence-corrected chi connectivity index (χ1v) is 10.2. The van der Waals surface area contributed by atoms with Crippen LogP contribution in [0.1, 0.15) is 31.2 Å². The molecule has 6 heteroatoms. The number of aromatic amines is 1. The molecule has 1 aliphatic rings. The Bertz CT molecular complexity index is 874. The summed E-state index contributed by atoms with van der Waals surface area (Å²) in [6, 6.07) is 8.24. The van der Waals surface area contributed by atoms with Crippen LogP contribution in [0.15, 0.2) is 42.9 Å². The quantitative estimate of drug-likeness (QED) is 0.676. The minimum Gasteiger partial charge on any atom is -0.494 e. The maximum Gasteiger partial charge on any atom is 0.119 e. The van der Waals surface area contributed by atoms with E-state index < -0.39 is 0 Å². The summed E-state index contributed by atoms with van der Waals surface area (Å²) in [4.78, 5) is 6.88. The molecule has 1 aromatic carbocycles. The third kappa shape index (κ3) is 4.28. The lowest BCUT2D eigenvalue weighted by Crippen LogP contribution is -2.34. The number of H-pyrrole nitrogens is 1. The number of likely N-dealkylation sites (tertiary alicyclic amines) is 1. The molecule has 4 rings (SSSR count). The molecular weight excluding hydrogens is 350 g/mol. The largest absolute Gasteiger partial charge is 0.494 e. The molecular formula is C22H29N5O. The maximum absolute atomic E-state index is 5.55. The van der Waals surface area contributed by atoms with E-state index in [2.05, 4.69) is 49.9 Å². The number of benzene rings is 1. The number of hydrogen-bond acceptors (Lipinski definition) is 4. The number of aromatic nitrogens is 4. The Morgan fingerprint density at radius 3 is 2.64 bits per heavy atom. The molecule has 0 saturated carbocycles. The van der Waals surface area contributed by atoms with Crippen LogP contribution in [0, 0.1) is 12.8 Å². The average molecular weight is 380 g/mol. The van der Waals surface area contributed by atoms with Gasteiger partial charge in [0.25, 0.3) is 0 Å². The summed E-state index contributed by atoms with van der Waals surface area (Å²) < 4.78 is 7.82. The van der Waals surface area contributed by atoms with Crippen LogP contribution in [-0.2, 0) is 13.1 Å². The standard InChI is InChI=1S/C22H29N5O/c1-3-28-21-6-4-19(5-7-21)22-20(14-24-25-22)16-26-11-8-18(9-12-26)15-27-13-10-23-17(27)2/h4-7,10,13-14,18H,3,8-9,11-12,15-16H2,1-2H3,(H,24,25). The molecule has 0 bridgehead atoms. The predicted molar refractivity (Wildman–Crippen MR) is 110 cm³/mol. The zero-order chi connectivity index (χ0) is 19.3. The lowest BCUT2D eigenvalue weighted by atomic mass is 9.96. The van der Waals surface area contributed by atoms with E-state index in [1.807, 2.05) is 31.5 Å². The second-order valence-corrected chi connectivity index (χ2v) is 7.57. The van der Waals surface area contributed by atoms with E-state index >= 15 is 0 Å². The normalized spacial score (nSPS) is 15.8. The summed E-state index contributed by atoms with van der Waals surface area (Å²) in [6.07, 6.45) is 8.41. The summed E-state index contributed by atoms with van der Waals surface area (Å²) in [5.41, 5.74) is 3.52. The smallest absolute Gasteiger partial charge is 0.119 e. The van der Waals surface area contributed by atoms with Gasteiger partial charge >= 0.3 is 0 Å². The zero-order valence-corrected chi connectivity index (χ0v) is 16.8. The number of nitrogens with zero attached hydrogens (tertiary/aromatic N) is 4. The van der Waals surface area contributed by atoms with E-state index in [-0.39, 0.29) is 0 Å². The van der Waals surface area contributed by atoms with E-state index in [1.165, 1.54) is 18.4 Å². The van der Waals surface area contributed by atoms with Gasteiger partial charge in [0.15, 0.2) is 0 Å². The van der Waals surface area contributed by atoms with Crippen LogP contribution in [0.2, 0.25) is 0 Å². The molecule has 1 aliphatic heterocycles. The minimum atomic E-state index is 0.686.